The van der Waals surface area contributed by atoms with Gasteiger partial charge in [0.15, 0.2) is 0 Å². The number of carboxylic acid groups (broad SMARTS) is 1. The highest BCUT2D eigenvalue weighted by Crippen LogP contribution is 2.16. The van der Waals surface area contributed by atoms with Gasteiger partial charge >= 0.3 is 5.97 Å². The summed E-state index contributed by atoms with van der Waals surface area (Å²) in [5, 5.41) is 8.87. The van der Waals surface area contributed by atoms with Crippen LogP contribution >= 0.6 is 0 Å². The molecule has 0 radical (unpaired) electrons. The normalized spacial score (nSPS) is 10.7. The average Bonchev–Trinajstić information content (AvgIpc) is 2.41. The number of benzene rings is 1. The second kappa shape index (κ2) is 8.31. The molecule has 1 rings (SSSR count). The van der Waals surface area contributed by atoms with E-state index in [1.54, 1.807) is 24.3 Å². The number of carboxylic acids is 1. The van der Waals surface area contributed by atoms with E-state index in [9.17, 15) is 18.4 Å². The summed E-state index contributed by atoms with van der Waals surface area (Å²) in [4.78, 5) is 23.9. The molecule has 0 saturated heterocycles. The third-order valence-corrected chi connectivity index (χ3v) is 2.64. The molecule has 0 unspecified atom stereocenters. The summed E-state index contributed by atoms with van der Waals surface area (Å²) in [6.07, 6.45) is -2.75. The van der Waals surface area contributed by atoms with Gasteiger partial charge in [0.25, 0.3) is 6.43 Å². The van der Waals surface area contributed by atoms with Crippen LogP contribution in [0.3, 0.4) is 0 Å². The molecule has 116 valence electrons. The van der Waals surface area contributed by atoms with Crippen LogP contribution in [-0.4, -0.2) is 43.2 Å². The fourth-order valence-corrected chi connectivity index (χ4v) is 1.65. The van der Waals surface area contributed by atoms with Gasteiger partial charge in [0.1, 0.15) is 13.2 Å². The van der Waals surface area contributed by atoms with Gasteiger partial charge in [-0.25, -0.2) is 8.78 Å². The molecule has 1 aromatic rings. The lowest BCUT2D eigenvalue weighted by atomic mass is 10.2. The quantitative estimate of drug-likeness (QED) is 0.747. The van der Waals surface area contributed by atoms with Gasteiger partial charge in [0.2, 0.25) is 5.91 Å². The number of anilines is 1. The van der Waals surface area contributed by atoms with Gasteiger partial charge in [-0.3, -0.25) is 9.59 Å². The Hall–Kier alpha value is -2.02. The molecule has 7 heteroatoms. The number of ether oxygens (including phenoxy) is 1. The Morgan fingerprint density at radius 3 is 2.43 bits per heavy atom. The Labute approximate surface area is 121 Å². The lowest BCUT2D eigenvalue weighted by molar-refractivity contribution is -0.136. The van der Waals surface area contributed by atoms with Gasteiger partial charge in [0, 0.05) is 5.69 Å². The van der Waals surface area contributed by atoms with Crippen molar-refractivity contribution >= 4 is 17.6 Å². The van der Waals surface area contributed by atoms with Crippen LogP contribution in [0, 0.1) is 6.92 Å². The van der Waals surface area contributed by atoms with Crippen molar-refractivity contribution in [1.29, 1.82) is 0 Å². The van der Waals surface area contributed by atoms with Crippen LogP contribution in [0.1, 0.15) is 12.0 Å². The van der Waals surface area contributed by atoms with Crippen molar-refractivity contribution < 1.29 is 28.2 Å². The molecule has 21 heavy (non-hydrogen) atoms. The lowest BCUT2D eigenvalue weighted by Gasteiger charge is -2.21. The highest BCUT2D eigenvalue weighted by atomic mass is 19.3. The Kier molecular flexibility index (Phi) is 6.74. The predicted octanol–water partition coefficient (Wildman–Crippen LogP) is 2.08. The topological polar surface area (TPSA) is 66.8 Å². The van der Waals surface area contributed by atoms with Crippen molar-refractivity contribution in [3.63, 3.8) is 0 Å². The first kappa shape index (κ1) is 17.0. The van der Waals surface area contributed by atoms with Crippen LogP contribution in [0.5, 0.6) is 0 Å². The van der Waals surface area contributed by atoms with E-state index in [1.807, 2.05) is 6.92 Å². The zero-order valence-electron chi connectivity index (χ0n) is 11.6. The van der Waals surface area contributed by atoms with E-state index in [0.717, 1.165) is 10.5 Å². The van der Waals surface area contributed by atoms with Crippen molar-refractivity contribution in [3.05, 3.63) is 29.8 Å². The van der Waals surface area contributed by atoms with Crippen molar-refractivity contribution in [2.45, 2.75) is 19.8 Å². The minimum Gasteiger partial charge on any atom is -0.480 e. The van der Waals surface area contributed by atoms with E-state index in [-0.39, 0.29) is 13.0 Å². The second-order valence-electron chi connectivity index (χ2n) is 4.43. The minimum absolute atomic E-state index is 0.159. The largest absolute Gasteiger partial charge is 0.480 e. The van der Waals surface area contributed by atoms with Crippen LogP contribution in [0.2, 0.25) is 0 Å². The molecule has 0 aliphatic heterocycles. The zero-order valence-corrected chi connectivity index (χ0v) is 11.6. The Morgan fingerprint density at radius 1 is 1.29 bits per heavy atom. The highest BCUT2D eigenvalue weighted by molar-refractivity contribution is 5.97. The van der Waals surface area contributed by atoms with E-state index < -0.39 is 31.5 Å². The molecular formula is C14H17F2NO4. The molecule has 1 amide bonds. The third kappa shape index (κ3) is 6.31. The third-order valence-electron chi connectivity index (χ3n) is 2.64. The smallest absolute Gasteiger partial charge is 0.323 e. The maximum atomic E-state index is 12.0. The lowest BCUT2D eigenvalue weighted by Crippen LogP contribution is -2.36. The first-order valence-electron chi connectivity index (χ1n) is 6.35. The minimum atomic E-state index is -2.59. The van der Waals surface area contributed by atoms with Crippen LogP contribution < -0.4 is 4.90 Å². The van der Waals surface area contributed by atoms with Gasteiger partial charge in [0.05, 0.1) is 13.0 Å². The zero-order chi connectivity index (χ0) is 15.8. The summed E-state index contributed by atoms with van der Waals surface area (Å²) in [6, 6.07) is 6.78. The summed E-state index contributed by atoms with van der Waals surface area (Å²) >= 11 is 0. The van der Waals surface area contributed by atoms with E-state index in [0.29, 0.717) is 5.69 Å². The van der Waals surface area contributed by atoms with Gasteiger partial charge in [-0.1, -0.05) is 17.7 Å². The Balaban J connectivity index is 2.66. The number of carbonyl (C=O) groups excluding carboxylic acids is 1. The standard InChI is InChI=1S/C14H17F2NO4/c1-10-2-4-11(5-3-10)17(8-14(19)20)13(18)6-7-21-9-12(15)16/h2-5,12H,6-9H2,1H3,(H,19,20). The van der Waals surface area contributed by atoms with Crippen molar-refractivity contribution in [2.24, 2.45) is 0 Å². The highest BCUT2D eigenvalue weighted by Gasteiger charge is 2.18. The molecule has 0 saturated carbocycles. The molecule has 0 fully saturated rings. The van der Waals surface area contributed by atoms with Gasteiger partial charge in [-0.05, 0) is 19.1 Å². The SMILES string of the molecule is Cc1ccc(N(CC(=O)O)C(=O)CCOCC(F)F)cc1. The first-order valence-corrected chi connectivity index (χ1v) is 6.35. The summed E-state index contributed by atoms with van der Waals surface area (Å²) in [5.74, 6) is -1.65. The van der Waals surface area contributed by atoms with Crippen LogP contribution in [-0.2, 0) is 14.3 Å². The molecule has 0 heterocycles. The van der Waals surface area contributed by atoms with Gasteiger partial charge < -0.3 is 14.7 Å². The summed E-state index contributed by atoms with van der Waals surface area (Å²) in [6.45, 7) is 0.462. The maximum Gasteiger partial charge on any atom is 0.323 e. The fourth-order valence-electron chi connectivity index (χ4n) is 1.65. The van der Waals surface area contributed by atoms with Crippen LogP contribution in [0.4, 0.5) is 14.5 Å². The monoisotopic (exact) mass is 301 g/mol. The van der Waals surface area contributed by atoms with Crippen LogP contribution in [0.15, 0.2) is 24.3 Å². The maximum absolute atomic E-state index is 12.0. The van der Waals surface area contributed by atoms with Crippen molar-refractivity contribution in [2.75, 3.05) is 24.7 Å². The van der Waals surface area contributed by atoms with Crippen LogP contribution in [0.25, 0.3) is 0 Å². The average molecular weight is 301 g/mol. The molecule has 0 aliphatic rings. The Bertz CT molecular complexity index is 476. The van der Waals surface area contributed by atoms with E-state index in [4.69, 9.17) is 5.11 Å². The van der Waals surface area contributed by atoms with Gasteiger partial charge in [-0.15, -0.1) is 0 Å². The molecule has 5 nitrogen and oxygen atoms in total. The fraction of sp³-hybridized carbons (Fsp3) is 0.429. The molecule has 1 aromatic carbocycles. The number of amides is 1. The van der Waals surface area contributed by atoms with E-state index >= 15 is 0 Å². The Morgan fingerprint density at radius 2 is 1.90 bits per heavy atom. The number of rotatable bonds is 8. The number of alkyl halides is 2. The molecule has 0 aliphatic carbocycles. The van der Waals surface area contributed by atoms with Crippen molar-refractivity contribution in [3.8, 4) is 0 Å². The van der Waals surface area contributed by atoms with Crippen molar-refractivity contribution in [1.82, 2.24) is 0 Å². The number of hydrogen-bond acceptors (Lipinski definition) is 3. The summed E-state index contributed by atoms with van der Waals surface area (Å²) in [7, 11) is 0. The predicted molar refractivity (Wildman–Crippen MR) is 72.6 cm³/mol. The first-order chi connectivity index (χ1) is 9.90. The summed E-state index contributed by atoms with van der Waals surface area (Å²) < 4.78 is 28.4. The molecule has 0 aromatic heterocycles. The van der Waals surface area contributed by atoms with E-state index in [2.05, 4.69) is 4.74 Å². The second-order valence-corrected chi connectivity index (χ2v) is 4.43. The van der Waals surface area contributed by atoms with E-state index in [1.165, 1.54) is 0 Å². The number of nitrogens with zero attached hydrogens (tertiary/aromatic N) is 1. The number of aliphatic carboxylic acids is 1. The molecule has 0 atom stereocenters. The summed E-state index contributed by atoms with van der Waals surface area (Å²) in [5.41, 5.74) is 1.42. The molecule has 0 bridgehead atoms. The molecular weight excluding hydrogens is 284 g/mol. The number of aryl methyl sites for hydroxylation is 1. The number of carbonyl (C=O) groups is 2. The number of halogens is 2. The van der Waals surface area contributed by atoms with Gasteiger partial charge in [-0.2, -0.15) is 0 Å². The molecule has 1 N–H and O–H groups in total. The number of hydrogen-bond donors (Lipinski definition) is 1. The molecule has 0 spiro atoms.